The van der Waals surface area contributed by atoms with Gasteiger partial charge in [-0.2, -0.15) is 0 Å². The topological polar surface area (TPSA) is 61.9 Å². The maximum atomic E-state index is 12.9. The molecule has 0 saturated carbocycles. The highest BCUT2D eigenvalue weighted by Crippen LogP contribution is 2.28. The Morgan fingerprint density at radius 3 is 2.41 bits per heavy atom. The van der Waals surface area contributed by atoms with Crippen LogP contribution in [0, 0.1) is 5.92 Å². The number of benzene rings is 3. The molecule has 1 N–H and O–H groups in total. The Kier molecular flexibility index (Phi) is 7.28. The number of nitrogens with zero attached hydrogens (tertiary/aromatic N) is 2. The van der Waals surface area contributed by atoms with Gasteiger partial charge in [0.2, 0.25) is 11.8 Å². The van der Waals surface area contributed by atoms with E-state index in [0.717, 1.165) is 34.7 Å². The van der Waals surface area contributed by atoms with Crippen molar-refractivity contribution in [3.8, 4) is 16.9 Å². The van der Waals surface area contributed by atoms with E-state index in [1.807, 2.05) is 42.5 Å². The average Bonchev–Trinajstić information content (AvgIpc) is 3.24. The van der Waals surface area contributed by atoms with Crippen LogP contribution in [0.25, 0.3) is 11.1 Å². The number of amides is 2. The number of nitrogens with one attached hydrogen (secondary N) is 1. The number of carbonyl (C=O) groups excluding carboxylic acids is 2. The molecule has 6 nitrogen and oxygen atoms in total. The third-order valence-corrected chi connectivity index (χ3v) is 6.11. The van der Waals surface area contributed by atoms with E-state index < -0.39 is 0 Å². The Bertz CT molecular complexity index is 1140. The summed E-state index contributed by atoms with van der Waals surface area (Å²) in [7, 11) is 5.72. The fourth-order valence-electron chi connectivity index (χ4n) is 4.33. The molecule has 176 valence electrons. The van der Waals surface area contributed by atoms with Gasteiger partial charge in [0.05, 0.1) is 13.0 Å². The Labute approximate surface area is 201 Å². The van der Waals surface area contributed by atoms with Gasteiger partial charge in [-0.05, 0) is 60.6 Å². The first-order chi connectivity index (χ1) is 16.4. The standard InChI is InChI=1S/C28H31N3O3/c1-30(2)18-20-8-10-21(11-9-20)26-7-5-4-6-22(26)17-29-28(33)23-16-27(32)31(19-23)24-12-14-25(34-3)15-13-24/h4-15,23H,16-19H2,1-3H3,(H,29,33). The van der Waals surface area contributed by atoms with Gasteiger partial charge in [0, 0.05) is 31.7 Å². The predicted octanol–water partition coefficient (Wildman–Crippen LogP) is 4.09. The number of carbonyl (C=O) groups is 2. The van der Waals surface area contributed by atoms with E-state index in [1.54, 1.807) is 12.0 Å². The third-order valence-electron chi connectivity index (χ3n) is 6.11. The quantitative estimate of drug-likeness (QED) is 0.553. The van der Waals surface area contributed by atoms with Crippen LogP contribution >= 0.6 is 0 Å². The van der Waals surface area contributed by atoms with Crippen molar-refractivity contribution in [3.63, 3.8) is 0 Å². The lowest BCUT2D eigenvalue weighted by Crippen LogP contribution is -2.32. The fourth-order valence-corrected chi connectivity index (χ4v) is 4.33. The number of anilines is 1. The minimum atomic E-state index is -0.368. The van der Waals surface area contributed by atoms with Gasteiger partial charge >= 0.3 is 0 Å². The van der Waals surface area contributed by atoms with E-state index >= 15 is 0 Å². The molecular formula is C28H31N3O3. The van der Waals surface area contributed by atoms with Crippen LogP contribution in [0.1, 0.15) is 17.5 Å². The molecule has 0 aliphatic carbocycles. The average molecular weight is 458 g/mol. The molecule has 1 aliphatic heterocycles. The van der Waals surface area contributed by atoms with Crippen LogP contribution in [0.5, 0.6) is 5.75 Å². The van der Waals surface area contributed by atoms with E-state index in [9.17, 15) is 9.59 Å². The second-order valence-electron chi connectivity index (χ2n) is 8.91. The highest BCUT2D eigenvalue weighted by molar-refractivity contribution is 6.00. The molecule has 3 aromatic carbocycles. The maximum Gasteiger partial charge on any atom is 0.227 e. The van der Waals surface area contributed by atoms with E-state index in [4.69, 9.17) is 4.74 Å². The Morgan fingerprint density at radius 1 is 1.03 bits per heavy atom. The number of hydrogen-bond donors (Lipinski definition) is 1. The van der Waals surface area contributed by atoms with Crippen molar-refractivity contribution in [2.75, 3.05) is 32.6 Å². The summed E-state index contributed by atoms with van der Waals surface area (Å²) in [5.41, 5.74) is 5.30. The molecule has 1 heterocycles. The van der Waals surface area contributed by atoms with Crippen LogP contribution in [-0.2, 0) is 22.7 Å². The number of hydrogen-bond acceptors (Lipinski definition) is 4. The molecule has 6 heteroatoms. The lowest BCUT2D eigenvalue weighted by atomic mass is 9.98. The van der Waals surface area contributed by atoms with Gasteiger partial charge in [-0.25, -0.2) is 0 Å². The van der Waals surface area contributed by atoms with Crippen molar-refractivity contribution in [3.05, 3.63) is 83.9 Å². The molecule has 0 radical (unpaired) electrons. The van der Waals surface area contributed by atoms with Crippen molar-refractivity contribution in [2.24, 2.45) is 5.92 Å². The summed E-state index contributed by atoms with van der Waals surface area (Å²) in [6, 6.07) is 24.0. The lowest BCUT2D eigenvalue weighted by molar-refractivity contribution is -0.126. The summed E-state index contributed by atoms with van der Waals surface area (Å²) in [4.78, 5) is 29.3. The first-order valence-corrected chi connectivity index (χ1v) is 11.5. The van der Waals surface area contributed by atoms with Gasteiger partial charge in [0.15, 0.2) is 0 Å². The summed E-state index contributed by atoms with van der Waals surface area (Å²) in [6.45, 7) is 1.69. The minimum Gasteiger partial charge on any atom is -0.497 e. The van der Waals surface area contributed by atoms with Crippen LogP contribution < -0.4 is 15.0 Å². The van der Waals surface area contributed by atoms with Crippen LogP contribution in [0.4, 0.5) is 5.69 Å². The molecule has 0 aromatic heterocycles. The van der Waals surface area contributed by atoms with E-state index in [1.165, 1.54) is 5.56 Å². The lowest BCUT2D eigenvalue weighted by Gasteiger charge is -2.17. The van der Waals surface area contributed by atoms with Gasteiger partial charge in [-0.3, -0.25) is 9.59 Å². The molecule has 1 saturated heterocycles. The maximum absolute atomic E-state index is 12.9. The summed E-state index contributed by atoms with van der Waals surface area (Å²) in [5.74, 6) is 0.229. The molecule has 4 rings (SSSR count). The van der Waals surface area contributed by atoms with Gasteiger partial charge in [-0.15, -0.1) is 0 Å². The van der Waals surface area contributed by atoms with Gasteiger partial charge in [0.1, 0.15) is 5.75 Å². The van der Waals surface area contributed by atoms with E-state index in [2.05, 4.69) is 54.6 Å². The molecule has 2 amide bonds. The van der Waals surface area contributed by atoms with Crippen LogP contribution in [-0.4, -0.2) is 44.5 Å². The Morgan fingerprint density at radius 2 is 1.74 bits per heavy atom. The van der Waals surface area contributed by atoms with Crippen molar-refractivity contribution in [2.45, 2.75) is 19.5 Å². The molecule has 34 heavy (non-hydrogen) atoms. The number of methoxy groups -OCH3 is 1. The Hall–Kier alpha value is -3.64. The molecular weight excluding hydrogens is 426 g/mol. The largest absolute Gasteiger partial charge is 0.497 e. The molecule has 0 spiro atoms. The second kappa shape index (κ2) is 10.5. The van der Waals surface area contributed by atoms with Crippen molar-refractivity contribution < 1.29 is 14.3 Å². The SMILES string of the molecule is COc1ccc(N2CC(C(=O)NCc3ccccc3-c3ccc(CN(C)C)cc3)CC2=O)cc1. The van der Waals surface area contributed by atoms with Crippen LogP contribution in [0.15, 0.2) is 72.8 Å². The van der Waals surface area contributed by atoms with Crippen molar-refractivity contribution in [1.82, 2.24) is 10.2 Å². The first-order valence-electron chi connectivity index (χ1n) is 11.5. The summed E-state index contributed by atoms with van der Waals surface area (Å²) in [6.07, 6.45) is 0.215. The fraction of sp³-hybridized carbons (Fsp3) is 0.286. The zero-order chi connectivity index (χ0) is 24.1. The molecule has 1 aliphatic rings. The summed E-state index contributed by atoms with van der Waals surface area (Å²) in [5, 5.41) is 3.05. The summed E-state index contributed by atoms with van der Waals surface area (Å²) < 4.78 is 5.18. The molecule has 1 unspecified atom stereocenters. The normalized spacial score (nSPS) is 15.6. The first kappa shape index (κ1) is 23.5. The monoisotopic (exact) mass is 457 g/mol. The molecule has 3 aromatic rings. The molecule has 0 bridgehead atoms. The zero-order valence-corrected chi connectivity index (χ0v) is 20.0. The van der Waals surface area contributed by atoms with E-state index in [-0.39, 0.29) is 24.2 Å². The minimum absolute atomic E-state index is 0.0384. The smallest absolute Gasteiger partial charge is 0.227 e. The third kappa shape index (κ3) is 5.46. The predicted molar refractivity (Wildman–Crippen MR) is 135 cm³/mol. The number of rotatable bonds is 8. The highest BCUT2D eigenvalue weighted by atomic mass is 16.5. The molecule has 1 atom stereocenters. The van der Waals surface area contributed by atoms with Crippen molar-refractivity contribution in [1.29, 1.82) is 0 Å². The number of ether oxygens (including phenoxy) is 1. The van der Waals surface area contributed by atoms with E-state index in [0.29, 0.717) is 13.1 Å². The Balaban J connectivity index is 1.40. The van der Waals surface area contributed by atoms with Gasteiger partial charge < -0.3 is 19.9 Å². The van der Waals surface area contributed by atoms with Gasteiger partial charge in [-0.1, -0.05) is 48.5 Å². The van der Waals surface area contributed by atoms with Crippen molar-refractivity contribution >= 4 is 17.5 Å². The van der Waals surface area contributed by atoms with Crippen LogP contribution in [0.2, 0.25) is 0 Å². The second-order valence-corrected chi connectivity index (χ2v) is 8.91. The van der Waals surface area contributed by atoms with Gasteiger partial charge in [0.25, 0.3) is 0 Å². The summed E-state index contributed by atoms with van der Waals surface area (Å²) >= 11 is 0. The van der Waals surface area contributed by atoms with Crippen LogP contribution in [0.3, 0.4) is 0 Å². The zero-order valence-electron chi connectivity index (χ0n) is 20.0. The molecule has 1 fully saturated rings. The highest BCUT2D eigenvalue weighted by Gasteiger charge is 2.35.